The number of nitrogens with one attached hydrogen (secondary N) is 1. The summed E-state index contributed by atoms with van der Waals surface area (Å²) < 4.78 is 10.9. The molecule has 0 aliphatic heterocycles. The number of hydrogen-bond acceptors (Lipinski definition) is 5. The topological polar surface area (TPSA) is 71.0 Å². The number of rotatable bonds is 10. The van der Waals surface area contributed by atoms with Crippen LogP contribution in [0.2, 0.25) is 0 Å². The first-order chi connectivity index (χ1) is 11.2. The van der Waals surface area contributed by atoms with Crippen molar-refractivity contribution in [1.82, 2.24) is 5.32 Å². The van der Waals surface area contributed by atoms with Gasteiger partial charge >= 0.3 is 0 Å². The Morgan fingerprint density at radius 3 is 1.48 bits per heavy atom. The quantitative estimate of drug-likeness (QED) is 0.619. The Kier molecular flexibility index (Phi) is 7.39. The monoisotopic (exact) mass is 317 g/mol. The lowest BCUT2D eigenvalue weighted by Crippen LogP contribution is -2.37. The first kappa shape index (κ1) is 17.3. The van der Waals surface area contributed by atoms with Gasteiger partial charge in [-0.15, -0.1) is 0 Å². The second-order valence-electron chi connectivity index (χ2n) is 5.21. The zero-order valence-electron chi connectivity index (χ0n) is 13.0. The summed E-state index contributed by atoms with van der Waals surface area (Å²) >= 11 is 0. The Labute approximate surface area is 136 Å². The Balaban J connectivity index is 1.55. The molecular formula is C18H23NO4. The number of hydrogen-bond donors (Lipinski definition) is 3. The molecule has 5 nitrogen and oxygen atoms in total. The summed E-state index contributed by atoms with van der Waals surface area (Å²) in [6.45, 7) is 1.09. The molecule has 2 aromatic carbocycles. The summed E-state index contributed by atoms with van der Waals surface area (Å²) in [7, 11) is 0. The molecule has 2 unspecified atom stereocenters. The van der Waals surface area contributed by atoms with E-state index in [9.17, 15) is 10.2 Å². The van der Waals surface area contributed by atoms with Gasteiger partial charge in [0, 0.05) is 13.1 Å². The SMILES string of the molecule is OC(CNCC(O)COc1ccccc1)COc1ccccc1. The van der Waals surface area contributed by atoms with Gasteiger partial charge in [0.15, 0.2) is 0 Å². The van der Waals surface area contributed by atoms with Crippen LogP contribution < -0.4 is 14.8 Å². The van der Waals surface area contributed by atoms with E-state index >= 15 is 0 Å². The Hall–Kier alpha value is -2.08. The highest BCUT2D eigenvalue weighted by Crippen LogP contribution is 2.09. The van der Waals surface area contributed by atoms with Gasteiger partial charge in [-0.1, -0.05) is 36.4 Å². The summed E-state index contributed by atoms with van der Waals surface area (Å²) in [5.74, 6) is 1.45. The minimum atomic E-state index is -0.641. The van der Waals surface area contributed by atoms with Crippen molar-refractivity contribution < 1.29 is 19.7 Å². The molecule has 0 aliphatic rings. The van der Waals surface area contributed by atoms with Crippen LogP contribution in [0.4, 0.5) is 0 Å². The zero-order chi connectivity index (χ0) is 16.3. The Morgan fingerprint density at radius 2 is 1.09 bits per heavy atom. The van der Waals surface area contributed by atoms with Crippen LogP contribution in [0.3, 0.4) is 0 Å². The van der Waals surface area contributed by atoms with Crippen molar-refractivity contribution >= 4 is 0 Å². The maximum absolute atomic E-state index is 9.83. The number of para-hydroxylation sites is 2. The van der Waals surface area contributed by atoms with Crippen molar-refractivity contribution in [1.29, 1.82) is 0 Å². The predicted molar refractivity (Wildman–Crippen MR) is 88.8 cm³/mol. The van der Waals surface area contributed by atoms with E-state index in [1.807, 2.05) is 60.7 Å². The molecule has 0 heterocycles. The molecule has 0 fully saturated rings. The second kappa shape index (κ2) is 9.84. The highest BCUT2D eigenvalue weighted by molar-refractivity contribution is 5.21. The number of benzene rings is 2. The Bertz CT molecular complexity index is 486. The van der Waals surface area contributed by atoms with E-state index < -0.39 is 12.2 Å². The average molecular weight is 317 g/mol. The van der Waals surface area contributed by atoms with Gasteiger partial charge in [0.05, 0.1) is 0 Å². The summed E-state index contributed by atoms with van der Waals surface area (Å²) in [6.07, 6.45) is -1.28. The largest absolute Gasteiger partial charge is 0.491 e. The fourth-order valence-electron chi connectivity index (χ4n) is 1.95. The third kappa shape index (κ3) is 7.15. The number of ether oxygens (including phenoxy) is 2. The Morgan fingerprint density at radius 1 is 0.696 bits per heavy atom. The molecule has 5 heteroatoms. The normalized spacial score (nSPS) is 13.3. The van der Waals surface area contributed by atoms with Crippen molar-refractivity contribution in [2.75, 3.05) is 26.3 Å². The highest BCUT2D eigenvalue weighted by Gasteiger charge is 2.08. The molecule has 2 atom stereocenters. The van der Waals surface area contributed by atoms with Crippen LogP contribution in [-0.2, 0) is 0 Å². The number of aliphatic hydroxyl groups excluding tert-OH is 2. The minimum Gasteiger partial charge on any atom is -0.491 e. The van der Waals surface area contributed by atoms with E-state index in [2.05, 4.69) is 5.32 Å². The molecule has 124 valence electrons. The second-order valence-corrected chi connectivity index (χ2v) is 5.21. The standard InChI is InChI=1S/C18H23NO4/c20-15(13-22-17-7-3-1-4-8-17)11-19-12-16(21)14-23-18-9-5-2-6-10-18/h1-10,15-16,19-21H,11-14H2. The van der Waals surface area contributed by atoms with Gasteiger partial charge in [-0.3, -0.25) is 0 Å². The predicted octanol–water partition coefficient (Wildman–Crippen LogP) is 1.46. The van der Waals surface area contributed by atoms with Crippen molar-refractivity contribution in [2.24, 2.45) is 0 Å². The maximum atomic E-state index is 9.83. The average Bonchev–Trinajstić information content (AvgIpc) is 2.60. The van der Waals surface area contributed by atoms with Crippen LogP contribution in [0.5, 0.6) is 11.5 Å². The summed E-state index contributed by atoms with van der Waals surface area (Å²) in [5.41, 5.74) is 0. The first-order valence-corrected chi connectivity index (χ1v) is 7.66. The van der Waals surface area contributed by atoms with Crippen LogP contribution in [-0.4, -0.2) is 48.7 Å². The highest BCUT2D eigenvalue weighted by atomic mass is 16.5. The molecule has 0 amide bonds. The summed E-state index contributed by atoms with van der Waals surface area (Å²) in [5, 5.41) is 22.7. The van der Waals surface area contributed by atoms with Crippen molar-refractivity contribution in [3.8, 4) is 11.5 Å². The fourth-order valence-corrected chi connectivity index (χ4v) is 1.95. The van der Waals surface area contributed by atoms with Crippen LogP contribution in [0.15, 0.2) is 60.7 Å². The molecule has 0 bridgehead atoms. The van der Waals surface area contributed by atoms with Crippen LogP contribution in [0, 0.1) is 0 Å². The summed E-state index contributed by atoms with van der Waals surface area (Å²) in [4.78, 5) is 0. The van der Waals surface area contributed by atoms with Gasteiger partial charge < -0.3 is 25.0 Å². The lowest BCUT2D eigenvalue weighted by atomic mass is 10.3. The molecule has 0 radical (unpaired) electrons. The lowest BCUT2D eigenvalue weighted by molar-refractivity contribution is 0.0858. The van der Waals surface area contributed by atoms with Gasteiger partial charge in [0.25, 0.3) is 0 Å². The van der Waals surface area contributed by atoms with Crippen LogP contribution in [0.1, 0.15) is 0 Å². The molecule has 0 aliphatic carbocycles. The van der Waals surface area contributed by atoms with Gasteiger partial charge in [-0.25, -0.2) is 0 Å². The third-order valence-corrected chi connectivity index (χ3v) is 3.13. The zero-order valence-corrected chi connectivity index (χ0v) is 13.0. The van der Waals surface area contributed by atoms with E-state index in [1.165, 1.54) is 0 Å². The fraction of sp³-hybridized carbons (Fsp3) is 0.333. The molecule has 0 aromatic heterocycles. The maximum Gasteiger partial charge on any atom is 0.119 e. The molecule has 23 heavy (non-hydrogen) atoms. The number of aliphatic hydroxyl groups is 2. The summed E-state index contributed by atoms with van der Waals surface area (Å²) in [6, 6.07) is 18.7. The molecule has 0 saturated heterocycles. The van der Waals surface area contributed by atoms with Crippen LogP contribution in [0.25, 0.3) is 0 Å². The van der Waals surface area contributed by atoms with Gasteiger partial charge in [0.2, 0.25) is 0 Å². The molecule has 0 spiro atoms. The van der Waals surface area contributed by atoms with E-state index in [0.29, 0.717) is 13.1 Å². The van der Waals surface area contributed by atoms with Crippen molar-refractivity contribution in [3.05, 3.63) is 60.7 Å². The first-order valence-electron chi connectivity index (χ1n) is 7.66. The molecule has 3 N–H and O–H groups in total. The third-order valence-electron chi connectivity index (χ3n) is 3.13. The lowest BCUT2D eigenvalue weighted by Gasteiger charge is -2.16. The molecular weight excluding hydrogens is 294 g/mol. The van der Waals surface area contributed by atoms with Crippen LogP contribution >= 0.6 is 0 Å². The molecule has 0 saturated carbocycles. The van der Waals surface area contributed by atoms with E-state index in [4.69, 9.17) is 9.47 Å². The van der Waals surface area contributed by atoms with E-state index in [-0.39, 0.29) is 13.2 Å². The smallest absolute Gasteiger partial charge is 0.119 e. The molecule has 2 aromatic rings. The van der Waals surface area contributed by atoms with Gasteiger partial charge in [0.1, 0.15) is 36.9 Å². The van der Waals surface area contributed by atoms with Crippen molar-refractivity contribution in [3.63, 3.8) is 0 Å². The van der Waals surface area contributed by atoms with Crippen molar-refractivity contribution in [2.45, 2.75) is 12.2 Å². The van der Waals surface area contributed by atoms with Gasteiger partial charge in [-0.05, 0) is 24.3 Å². The van der Waals surface area contributed by atoms with Gasteiger partial charge in [-0.2, -0.15) is 0 Å². The van der Waals surface area contributed by atoms with E-state index in [0.717, 1.165) is 11.5 Å². The van der Waals surface area contributed by atoms with E-state index in [1.54, 1.807) is 0 Å². The molecule has 2 rings (SSSR count). The minimum absolute atomic E-state index is 0.202.